The number of hydrogen-bond donors (Lipinski definition) is 1. The highest BCUT2D eigenvalue weighted by Crippen LogP contribution is 2.40. The number of fused-ring (bicyclic) bond motifs is 1. The molecule has 10 nitrogen and oxygen atoms in total. The van der Waals surface area contributed by atoms with E-state index >= 15 is 0 Å². The Kier molecular flexibility index (Phi) is 5.03. The summed E-state index contributed by atoms with van der Waals surface area (Å²) in [5, 5.41) is 14.7. The van der Waals surface area contributed by atoms with E-state index in [0.717, 1.165) is 0 Å². The molecule has 0 fully saturated rings. The lowest BCUT2D eigenvalue weighted by atomic mass is 9.94. The molecule has 1 aromatic heterocycles. The van der Waals surface area contributed by atoms with Gasteiger partial charge in [0.25, 0.3) is 0 Å². The van der Waals surface area contributed by atoms with Gasteiger partial charge in [-0.2, -0.15) is 4.68 Å². The Hall–Kier alpha value is -3.14. The summed E-state index contributed by atoms with van der Waals surface area (Å²) in [7, 11) is 5.95. The second-order valence-corrected chi connectivity index (χ2v) is 5.40. The first kappa shape index (κ1) is 17.7. The van der Waals surface area contributed by atoms with Crippen molar-refractivity contribution in [3.8, 4) is 11.5 Å². The second kappa shape index (κ2) is 7.40. The first-order valence-electron chi connectivity index (χ1n) is 7.71. The standard InChI is InChI=1S/C16H19N5O5/c1-23-8-11-13(15(22)26-4)14(21-16(17-11)18-19-20-21)10-7-9(24-2)5-6-12(10)25-3/h5-7,14H,8H2,1-4H3,(H,17,18,20). The number of carbonyl (C=O) groups is 1. The third-order valence-electron chi connectivity index (χ3n) is 4.02. The van der Waals surface area contributed by atoms with Gasteiger partial charge in [-0.05, 0) is 28.6 Å². The lowest BCUT2D eigenvalue weighted by Gasteiger charge is -2.29. The van der Waals surface area contributed by atoms with Crippen molar-refractivity contribution in [3.05, 3.63) is 35.0 Å². The lowest BCUT2D eigenvalue weighted by molar-refractivity contribution is -0.136. The molecule has 2 heterocycles. The third-order valence-corrected chi connectivity index (χ3v) is 4.02. The Morgan fingerprint density at radius 1 is 1.23 bits per heavy atom. The van der Waals surface area contributed by atoms with Gasteiger partial charge < -0.3 is 24.3 Å². The minimum Gasteiger partial charge on any atom is -0.497 e. The van der Waals surface area contributed by atoms with Crippen LogP contribution < -0.4 is 14.8 Å². The predicted molar refractivity (Wildman–Crippen MR) is 90.0 cm³/mol. The number of nitrogens with zero attached hydrogens (tertiary/aromatic N) is 4. The SMILES string of the molecule is COCC1=C(C(=O)OC)C(c2cc(OC)ccc2OC)n2nnnc2N1. The number of benzene rings is 1. The Morgan fingerprint density at radius 3 is 2.69 bits per heavy atom. The Bertz CT molecular complexity index is 847. The normalized spacial score (nSPS) is 15.9. The number of nitrogens with one attached hydrogen (secondary N) is 1. The molecular formula is C16H19N5O5. The van der Waals surface area contributed by atoms with Crippen molar-refractivity contribution in [2.75, 3.05) is 40.4 Å². The van der Waals surface area contributed by atoms with Crippen LogP contribution in [-0.4, -0.2) is 61.2 Å². The minimum absolute atomic E-state index is 0.153. The molecule has 1 aliphatic heterocycles. The molecule has 0 aliphatic carbocycles. The van der Waals surface area contributed by atoms with Gasteiger partial charge in [-0.15, -0.1) is 0 Å². The number of tetrazole rings is 1. The molecule has 0 bridgehead atoms. The van der Waals surface area contributed by atoms with Crippen LogP contribution in [0.1, 0.15) is 11.6 Å². The zero-order valence-electron chi connectivity index (χ0n) is 14.8. The summed E-state index contributed by atoms with van der Waals surface area (Å²) in [6.45, 7) is 0.153. The largest absolute Gasteiger partial charge is 0.497 e. The van der Waals surface area contributed by atoms with Crippen LogP contribution in [0, 0.1) is 0 Å². The summed E-state index contributed by atoms with van der Waals surface area (Å²) in [4.78, 5) is 12.6. The number of anilines is 1. The van der Waals surface area contributed by atoms with Crippen LogP contribution in [0.4, 0.5) is 5.95 Å². The van der Waals surface area contributed by atoms with Crippen molar-refractivity contribution < 1.29 is 23.7 Å². The highest BCUT2D eigenvalue weighted by atomic mass is 16.5. The minimum atomic E-state index is -0.677. The smallest absolute Gasteiger partial charge is 0.338 e. The quantitative estimate of drug-likeness (QED) is 0.746. The fraction of sp³-hybridized carbons (Fsp3) is 0.375. The van der Waals surface area contributed by atoms with Gasteiger partial charge >= 0.3 is 5.97 Å². The van der Waals surface area contributed by atoms with Crippen molar-refractivity contribution in [1.82, 2.24) is 20.2 Å². The highest BCUT2D eigenvalue weighted by molar-refractivity contribution is 5.92. The second-order valence-electron chi connectivity index (χ2n) is 5.40. The van der Waals surface area contributed by atoms with Gasteiger partial charge in [0.2, 0.25) is 5.95 Å². The van der Waals surface area contributed by atoms with Crippen LogP contribution in [0.3, 0.4) is 0 Å². The van der Waals surface area contributed by atoms with Crippen LogP contribution >= 0.6 is 0 Å². The highest BCUT2D eigenvalue weighted by Gasteiger charge is 2.37. The van der Waals surface area contributed by atoms with Crippen LogP contribution in [0.5, 0.6) is 11.5 Å². The van der Waals surface area contributed by atoms with E-state index < -0.39 is 12.0 Å². The van der Waals surface area contributed by atoms with Gasteiger partial charge in [0.05, 0.1) is 39.2 Å². The molecule has 0 saturated carbocycles. The molecule has 0 spiro atoms. The molecule has 1 aromatic carbocycles. The van der Waals surface area contributed by atoms with Crippen molar-refractivity contribution in [1.29, 1.82) is 0 Å². The van der Waals surface area contributed by atoms with E-state index in [-0.39, 0.29) is 6.61 Å². The van der Waals surface area contributed by atoms with Crippen LogP contribution in [-0.2, 0) is 14.3 Å². The first-order valence-corrected chi connectivity index (χ1v) is 7.71. The van der Waals surface area contributed by atoms with Gasteiger partial charge in [-0.25, -0.2) is 4.79 Å². The molecule has 0 saturated heterocycles. The van der Waals surface area contributed by atoms with Crippen molar-refractivity contribution >= 4 is 11.9 Å². The van der Waals surface area contributed by atoms with Gasteiger partial charge in [-0.3, -0.25) is 0 Å². The average molecular weight is 361 g/mol. The zero-order chi connectivity index (χ0) is 18.7. The Labute approximate surface area is 149 Å². The summed E-state index contributed by atoms with van der Waals surface area (Å²) in [5.41, 5.74) is 1.48. The number of carbonyl (C=O) groups excluding carboxylic acids is 1. The summed E-state index contributed by atoms with van der Waals surface area (Å²) in [6.07, 6.45) is 0. The van der Waals surface area contributed by atoms with Crippen LogP contribution in [0.2, 0.25) is 0 Å². The molecule has 2 aromatic rings. The van der Waals surface area contributed by atoms with E-state index in [1.165, 1.54) is 18.9 Å². The topological polar surface area (TPSA) is 110 Å². The molecule has 1 atom stereocenters. The fourth-order valence-corrected chi connectivity index (χ4v) is 2.88. The third kappa shape index (κ3) is 2.94. The molecule has 0 radical (unpaired) electrons. The molecule has 138 valence electrons. The van der Waals surface area contributed by atoms with E-state index in [4.69, 9.17) is 18.9 Å². The first-order chi connectivity index (χ1) is 12.6. The Balaban J connectivity index is 2.26. The zero-order valence-corrected chi connectivity index (χ0v) is 14.8. The van der Waals surface area contributed by atoms with Crippen molar-refractivity contribution in [3.63, 3.8) is 0 Å². The average Bonchev–Trinajstić information content (AvgIpc) is 3.14. The maximum Gasteiger partial charge on any atom is 0.338 e. The molecule has 1 aliphatic rings. The number of hydrogen-bond acceptors (Lipinski definition) is 9. The van der Waals surface area contributed by atoms with Crippen molar-refractivity contribution in [2.24, 2.45) is 0 Å². The number of rotatable bonds is 6. The van der Waals surface area contributed by atoms with E-state index in [0.29, 0.717) is 34.3 Å². The summed E-state index contributed by atoms with van der Waals surface area (Å²) >= 11 is 0. The van der Waals surface area contributed by atoms with Crippen LogP contribution in [0.25, 0.3) is 0 Å². The van der Waals surface area contributed by atoms with Gasteiger partial charge in [0.1, 0.15) is 17.5 Å². The summed E-state index contributed by atoms with van der Waals surface area (Å²) in [5.74, 6) is 1.00. The van der Waals surface area contributed by atoms with Gasteiger partial charge in [-0.1, -0.05) is 5.10 Å². The maximum absolute atomic E-state index is 12.6. The molecular weight excluding hydrogens is 342 g/mol. The maximum atomic E-state index is 12.6. The number of methoxy groups -OCH3 is 4. The van der Waals surface area contributed by atoms with E-state index in [2.05, 4.69) is 20.8 Å². The van der Waals surface area contributed by atoms with Crippen molar-refractivity contribution in [2.45, 2.75) is 6.04 Å². The summed E-state index contributed by atoms with van der Waals surface area (Å²) in [6, 6.07) is 4.61. The number of ether oxygens (including phenoxy) is 4. The molecule has 10 heteroatoms. The Morgan fingerprint density at radius 2 is 2.04 bits per heavy atom. The molecule has 1 N–H and O–H groups in total. The van der Waals surface area contributed by atoms with E-state index in [1.54, 1.807) is 32.4 Å². The fourth-order valence-electron chi connectivity index (χ4n) is 2.88. The van der Waals surface area contributed by atoms with Gasteiger partial charge in [0.15, 0.2) is 0 Å². The number of esters is 1. The summed E-state index contributed by atoms with van der Waals surface area (Å²) < 4.78 is 22.5. The van der Waals surface area contributed by atoms with Crippen LogP contribution in [0.15, 0.2) is 29.5 Å². The van der Waals surface area contributed by atoms with E-state index in [9.17, 15) is 4.79 Å². The van der Waals surface area contributed by atoms with Gasteiger partial charge in [0, 0.05) is 12.7 Å². The number of aromatic nitrogens is 4. The molecule has 1 unspecified atom stereocenters. The molecule has 26 heavy (non-hydrogen) atoms. The monoisotopic (exact) mass is 361 g/mol. The lowest BCUT2D eigenvalue weighted by Crippen LogP contribution is -2.31. The molecule has 3 rings (SSSR count). The molecule has 0 amide bonds. The van der Waals surface area contributed by atoms with E-state index in [1.807, 2.05) is 0 Å². The predicted octanol–water partition coefficient (Wildman–Crippen LogP) is 0.779.